The van der Waals surface area contributed by atoms with E-state index in [1.54, 1.807) is 66.9 Å². The maximum Gasteiger partial charge on any atom is 0.354 e. The zero-order valence-corrected chi connectivity index (χ0v) is 56.0. The van der Waals surface area contributed by atoms with Gasteiger partial charge in [-0.15, -0.1) is 0 Å². The molecule has 15 nitrogen and oxygen atoms in total. The normalized spacial score (nSPS) is 12.6. The third-order valence-electron chi connectivity index (χ3n) is 18.5. The summed E-state index contributed by atoms with van der Waals surface area (Å²) >= 11 is 0. The van der Waals surface area contributed by atoms with Crippen molar-refractivity contribution in [2.75, 3.05) is 13.2 Å². The Hall–Kier alpha value is -11.6. The molecule has 0 saturated carbocycles. The van der Waals surface area contributed by atoms with Crippen LogP contribution >= 0.6 is 0 Å². The van der Waals surface area contributed by atoms with Crippen molar-refractivity contribution in [3.8, 4) is 56.2 Å². The number of pyridine rings is 1. The Bertz CT molecular complexity index is 5420. The standard InChI is InChI=1S/C28H25FN2O4.C27H23FN2O2.C26H20F3N3O2/c1-16(2)27-26(22-8-3-17(28(33)34)13-25(22)35-10-9-32)23-11-18-14-30-15-19(18)12-24(23)31(27)21-6-4-20(29)5-7-21;1-15(2)26-25(21-5-4-6-22(16(21)3)27(31)32)23-11-17-13-29-14-18(17)12-24(23)30(26)20-9-7-19(28)8-10-20;1-13(2)24-22(18-7-8-20(26(33)34)31-23(18)25(28)29)19-9-14-11-30-12-15(14)10-21(19)32(24)17-5-3-16(27)4-6-17/h3-8,11-13,15-16,32H,9-10,14H2,1-2H3,(H,33,34);4-12,14-15H,13H2,1-3H3,(H,31,32);3-10,12-13,25H,11H2,1-2H3,(H,33,34). The van der Waals surface area contributed by atoms with E-state index >= 15 is 0 Å². The molecule has 0 unspecified atom stereocenters. The summed E-state index contributed by atoms with van der Waals surface area (Å²) in [6.45, 7) is 15.8. The van der Waals surface area contributed by atoms with Crippen LogP contribution in [0.5, 0.6) is 5.75 Å². The third kappa shape index (κ3) is 12.6. The predicted octanol–water partition coefficient (Wildman–Crippen LogP) is 18.6. The molecule has 510 valence electrons. The lowest BCUT2D eigenvalue weighted by atomic mass is 9.91. The monoisotopic (exact) mass is 1360 g/mol. The quantitative estimate of drug-likeness (QED) is 0.0678. The number of carbonyl (C=O) groups is 3. The largest absolute Gasteiger partial charge is 0.491 e. The van der Waals surface area contributed by atoms with Gasteiger partial charge in [0.05, 0.1) is 53.9 Å². The zero-order chi connectivity index (χ0) is 71.4. The second-order valence-corrected chi connectivity index (χ2v) is 25.9. The first-order valence-electron chi connectivity index (χ1n) is 32.9. The molecule has 8 aromatic carbocycles. The highest BCUT2D eigenvalue weighted by Gasteiger charge is 2.32. The average Bonchev–Trinajstić information content (AvgIpc) is 1.59. The molecular weight excluding hydrogens is 1290 g/mol. The molecule has 3 aliphatic heterocycles. The first kappa shape index (κ1) is 67.9. The van der Waals surface area contributed by atoms with E-state index in [2.05, 4.69) is 81.1 Å². The molecule has 101 heavy (non-hydrogen) atoms. The number of ether oxygens (including phenoxy) is 1. The van der Waals surface area contributed by atoms with E-state index in [1.165, 1.54) is 54.6 Å². The number of hydrogen-bond donors (Lipinski definition) is 4. The minimum atomic E-state index is -2.98. The molecule has 0 atom stereocenters. The molecule has 12 aromatic rings. The fourth-order valence-corrected chi connectivity index (χ4v) is 14.1. The molecule has 0 fully saturated rings. The molecule has 4 N–H and O–H groups in total. The van der Waals surface area contributed by atoms with Gasteiger partial charge in [0.1, 0.15) is 41.2 Å². The van der Waals surface area contributed by atoms with Crippen LogP contribution < -0.4 is 4.74 Å². The summed E-state index contributed by atoms with van der Waals surface area (Å²) in [5.74, 6) is -3.87. The first-order chi connectivity index (χ1) is 48.5. The molecule has 0 spiro atoms. The maximum absolute atomic E-state index is 14.2. The summed E-state index contributed by atoms with van der Waals surface area (Å²) < 4.78 is 81.6. The summed E-state index contributed by atoms with van der Waals surface area (Å²) in [7, 11) is 0. The van der Waals surface area contributed by atoms with Crippen LogP contribution in [0.2, 0.25) is 0 Å². The highest BCUT2D eigenvalue weighted by molar-refractivity contribution is 6.08. The van der Waals surface area contributed by atoms with Gasteiger partial charge >= 0.3 is 17.9 Å². The molecule has 0 amide bonds. The van der Waals surface area contributed by atoms with Crippen molar-refractivity contribution in [3.05, 3.63) is 254 Å². The van der Waals surface area contributed by atoms with Crippen molar-refractivity contribution in [1.29, 1.82) is 0 Å². The lowest BCUT2D eigenvalue weighted by Gasteiger charge is -2.18. The molecule has 0 bridgehead atoms. The molecular formula is C81H68F5N7O8. The average molecular weight is 1360 g/mol. The van der Waals surface area contributed by atoms with Gasteiger partial charge in [-0.2, -0.15) is 0 Å². The Morgan fingerprint density at radius 1 is 0.485 bits per heavy atom. The predicted molar refractivity (Wildman–Crippen MR) is 383 cm³/mol. The number of benzene rings is 8. The van der Waals surface area contributed by atoms with Gasteiger partial charge in [0.2, 0.25) is 0 Å². The summed E-state index contributed by atoms with van der Waals surface area (Å²) in [6, 6.07) is 44.2. The second kappa shape index (κ2) is 27.6. The number of rotatable bonds is 16. The maximum atomic E-state index is 14.2. The lowest BCUT2D eigenvalue weighted by Crippen LogP contribution is -2.07. The van der Waals surface area contributed by atoms with Gasteiger partial charge in [-0.05, 0) is 215 Å². The van der Waals surface area contributed by atoms with Crippen LogP contribution in [-0.2, 0) is 19.6 Å². The molecule has 7 heterocycles. The van der Waals surface area contributed by atoms with Gasteiger partial charge in [-0.3, -0.25) is 15.0 Å². The summed E-state index contributed by atoms with van der Waals surface area (Å²) in [5, 5.41) is 40.7. The summed E-state index contributed by atoms with van der Waals surface area (Å²) in [6.07, 6.45) is 2.56. The Balaban J connectivity index is 0.000000136. The van der Waals surface area contributed by atoms with E-state index in [0.717, 1.165) is 122 Å². The number of hydrogen-bond acceptors (Lipinski definition) is 9. The lowest BCUT2D eigenvalue weighted by molar-refractivity contribution is 0.0680. The van der Waals surface area contributed by atoms with Crippen LogP contribution in [0.4, 0.5) is 22.0 Å². The highest BCUT2D eigenvalue weighted by Crippen LogP contribution is 2.49. The van der Waals surface area contributed by atoms with Gasteiger partial charge in [0.25, 0.3) is 6.43 Å². The molecule has 15 rings (SSSR count). The van der Waals surface area contributed by atoms with Crippen molar-refractivity contribution in [2.45, 2.75) is 92.3 Å². The Labute approximate surface area is 577 Å². The van der Waals surface area contributed by atoms with E-state index in [9.17, 15) is 56.8 Å². The van der Waals surface area contributed by atoms with Crippen LogP contribution in [0.15, 0.2) is 173 Å². The van der Waals surface area contributed by atoms with Crippen molar-refractivity contribution in [2.24, 2.45) is 15.0 Å². The van der Waals surface area contributed by atoms with E-state index in [1.807, 2.05) is 56.0 Å². The fourth-order valence-electron chi connectivity index (χ4n) is 14.1. The second-order valence-electron chi connectivity index (χ2n) is 25.9. The number of halogens is 5. The van der Waals surface area contributed by atoms with Crippen LogP contribution in [-0.4, -0.2) is 88.9 Å². The van der Waals surface area contributed by atoms with E-state index in [0.29, 0.717) is 42.2 Å². The van der Waals surface area contributed by atoms with Gasteiger partial charge < -0.3 is 38.9 Å². The van der Waals surface area contributed by atoms with Crippen molar-refractivity contribution in [1.82, 2.24) is 18.7 Å². The molecule has 4 aromatic heterocycles. The Kier molecular flexibility index (Phi) is 18.5. The van der Waals surface area contributed by atoms with Crippen LogP contribution in [0.25, 0.3) is 83.2 Å². The number of fused-ring (bicyclic) bond motifs is 6. The van der Waals surface area contributed by atoms with Crippen molar-refractivity contribution >= 4 is 69.3 Å². The molecule has 20 heteroatoms. The SMILES string of the molecule is CC(C)c1c(-c2ccc(C(=O)O)cc2OCCO)c2cc3c(cc2n1-c1ccc(F)cc1)C=NC3.CC(C)c1c(-c2ccc(C(=O)O)nc2C(F)F)c2cc3c(cc2n1-c1ccc(F)cc1)C=NC3.Cc1c(C(=O)O)cccc1-c1c(C(C)C)n(-c2ccc(F)cc2)c2cc3c(cc12)CN=C3. The number of aromatic nitrogens is 4. The smallest absolute Gasteiger partial charge is 0.354 e. The number of aromatic carboxylic acids is 3. The number of alkyl halides is 2. The van der Waals surface area contributed by atoms with Crippen LogP contribution in [0.1, 0.15) is 159 Å². The van der Waals surface area contributed by atoms with E-state index in [-0.39, 0.29) is 59.5 Å². The van der Waals surface area contributed by atoms with Crippen molar-refractivity contribution < 1.29 is 61.5 Å². The highest BCUT2D eigenvalue weighted by atomic mass is 19.3. The van der Waals surface area contributed by atoms with Crippen LogP contribution in [0, 0.1) is 24.4 Å². The fraction of sp³-hybridized carbons (Fsp3) is 0.198. The topological polar surface area (TPSA) is 206 Å². The number of nitrogens with zero attached hydrogens (tertiary/aromatic N) is 7. The van der Waals surface area contributed by atoms with E-state index in [4.69, 9.17) is 4.74 Å². The zero-order valence-electron chi connectivity index (χ0n) is 56.0. The van der Waals surface area contributed by atoms with Gasteiger partial charge in [0, 0.05) is 96.8 Å². The molecule has 3 aliphatic rings. The molecule has 0 saturated heterocycles. The molecule has 0 radical (unpaired) electrons. The number of aliphatic imine (C=N–C) groups is 3. The van der Waals surface area contributed by atoms with E-state index < -0.39 is 35.7 Å². The van der Waals surface area contributed by atoms with Gasteiger partial charge in [0.15, 0.2) is 0 Å². The molecule has 0 aliphatic carbocycles. The number of carboxylic acids is 3. The number of carboxylic acid groups (broad SMARTS) is 3. The van der Waals surface area contributed by atoms with Crippen molar-refractivity contribution in [3.63, 3.8) is 0 Å². The van der Waals surface area contributed by atoms with Gasteiger partial charge in [-0.1, -0.05) is 53.7 Å². The van der Waals surface area contributed by atoms with Crippen LogP contribution in [0.3, 0.4) is 0 Å². The third-order valence-corrected chi connectivity index (χ3v) is 18.5. The minimum absolute atomic E-state index is 0.0346. The minimum Gasteiger partial charge on any atom is -0.491 e. The first-order valence-corrected chi connectivity index (χ1v) is 32.9. The Morgan fingerprint density at radius 2 is 0.891 bits per heavy atom. The number of aliphatic hydroxyl groups is 1. The Morgan fingerprint density at radius 3 is 1.27 bits per heavy atom. The number of aliphatic hydroxyl groups excluding tert-OH is 1. The summed E-state index contributed by atoms with van der Waals surface area (Å²) in [4.78, 5) is 51.8. The summed E-state index contributed by atoms with van der Waals surface area (Å²) in [5.41, 5.74) is 18.6. The van der Waals surface area contributed by atoms with Gasteiger partial charge in [-0.25, -0.2) is 41.3 Å².